The van der Waals surface area contributed by atoms with Crippen molar-refractivity contribution in [3.05, 3.63) is 41.4 Å². The van der Waals surface area contributed by atoms with Crippen molar-refractivity contribution >= 4 is 17.6 Å². The second-order valence-corrected chi connectivity index (χ2v) is 9.15. The zero-order valence-corrected chi connectivity index (χ0v) is 19.8. The average Bonchev–Trinajstić information content (AvgIpc) is 3.24. The standard InChI is InChI=1S/C24H31N5O4/c1-6-28(7-2)20(31)13-33-18-9-8-15(10-19(18)32-5)22-21-16(11-24(3,4)12-17(21)30)27-23-25-14-26-29(22)23/h8-10,14,22H,6-7,11-13H2,1-5H3,(H,25,26,27). The molecule has 2 aromatic rings. The number of aromatic nitrogens is 3. The van der Waals surface area contributed by atoms with Gasteiger partial charge < -0.3 is 19.7 Å². The van der Waals surface area contributed by atoms with Crippen LogP contribution in [0.2, 0.25) is 0 Å². The van der Waals surface area contributed by atoms with Crippen molar-refractivity contribution < 1.29 is 19.1 Å². The Bertz CT molecular complexity index is 1100. The van der Waals surface area contributed by atoms with Gasteiger partial charge in [0.2, 0.25) is 5.95 Å². The zero-order chi connectivity index (χ0) is 23.8. The van der Waals surface area contributed by atoms with Gasteiger partial charge in [-0.3, -0.25) is 9.59 Å². The number of nitrogens with one attached hydrogen (secondary N) is 1. The number of Topliss-reactive ketones (excluding diaryl/α,β-unsaturated/α-hetero) is 1. The van der Waals surface area contributed by atoms with Gasteiger partial charge in [-0.05, 0) is 43.4 Å². The zero-order valence-electron chi connectivity index (χ0n) is 19.8. The molecule has 2 heterocycles. The number of carbonyl (C=O) groups excluding carboxylic acids is 2. The van der Waals surface area contributed by atoms with Crippen molar-refractivity contribution in [2.45, 2.75) is 46.6 Å². The van der Waals surface area contributed by atoms with Crippen molar-refractivity contribution in [1.29, 1.82) is 0 Å². The molecule has 1 aliphatic carbocycles. The molecule has 0 saturated heterocycles. The molecule has 33 heavy (non-hydrogen) atoms. The first-order valence-corrected chi connectivity index (χ1v) is 11.3. The Labute approximate surface area is 193 Å². The molecule has 1 aliphatic heterocycles. The molecule has 1 N–H and O–H groups in total. The lowest BCUT2D eigenvalue weighted by atomic mass is 9.73. The summed E-state index contributed by atoms with van der Waals surface area (Å²) >= 11 is 0. The highest BCUT2D eigenvalue weighted by Crippen LogP contribution is 2.46. The molecule has 1 atom stereocenters. The van der Waals surface area contributed by atoms with E-state index in [4.69, 9.17) is 9.47 Å². The van der Waals surface area contributed by atoms with E-state index in [0.717, 1.165) is 17.7 Å². The van der Waals surface area contributed by atoms with Crippen LogP contribution in [-0.4, -0.2) is 58.2 Å². The molecule has 9 nitrogen and oxygen atoms in total. The number of methoxy groups -OCH3 is 1. The molecular formula is C24H31N5O4. The quantitative estimate of drug-likeness (QED) is 0.687. The van der Waals surface area contributed by atoms with Crippen LogP contribution in [0.5, 0.6) is 11.5 Å². The molecule has 0 radical (unpaired) electrons. The van der Waals surface area contributed by atoms with Crippen LogP contribution >= 0.6 is 0 Å². The van der Waals surface area contributed by atoms with Crippen LogP contribution in [0.3, 0.4) is 0 Å². The lowest BCUT2D eigenvalue weighted by Crippen LogP contribution is -2.36. The van der Waals surface area contributed by atoms with Gasteiger partial charge >= 0.3 is 0 Å². The predicted octanol–water partition coefficient (Wildman–Crippen LogP) is 3.19. The number of hydrogen-bond donors (Lipinski definition) is 1. The van der Waals surface area contributed by atoms with Gasteiger partial charge in [0.15, 0.2) is 23.9 Å². The number of rotatable bonds is 7. The molecule has 1 amide bonds. The van der Waals surface area contributed by atoms with Crippen molar-refractivity contribution in [2.24, 2.45) is 5.41 Å². The summed E-state index contributed by atoms with van der Waals surface area (Å²) in [7, 11) is 1.56. The Balaban J connectivity index is 1.67. The molecule has 4 rings (SSSR count). The van der Waals surface area contributed by atoms with Gasteiger partial charge in [0.25, 0.3) is 5.91 Å². The number of likely N-dealkylation sites (N-methyl/N-ethyl adjacent to an activating group) is 1. The van der Waals surface area contributed by atoms with E-state index < -0.39 is 6.04 Å². The van der Waals surface area contributed by atoms with Crippen LogP contribution in [0, 0.1) is 5.41 Å². The van der Waals surface area contributed by atoms with Crippen molar-refractivity contribution in [3.8, 4) is 11.5 Å². The number of nitrogens with zero attached hydrogens (tertiary/aromatic N) is 4. The number of anilines is 1. The van der Waals surface area contributed by atoms with Crippen molar-refractivity contribution in [1.82, 2.24) is 19.7 Å². The first-order valence-electron chi connectivity index (χ1n) is 11.3. The number of ketones is 1. The second kappa shape index (κ2) is 8.88. The van der Waals surface area contributed by atoms with E-state index in [2.05, 4.69) is 29.2 Å². The molecule has 9 heteroatoms. The maximum atomic E-state index is 13.2. The summed E-state index contributed by atoms with van der Waals surface area (Å²) in [5.41, 5.74) is 2.32. The van der Waals surface area contributed by atoms with Gasteiger partial charge in [-0.15, -0.1) is 0 Å². The maximum absolute atomic E-state index is 13.2. The molecule has 0 saturated carbocycles. The molecule has 176 valence electrons. The summed E-state index contributed by atoms with van der Waals surface area (Å²) < 4.78 is 13.1. The van der Waals surface area contributed by atoms with E-state index in [1.807, 2.05) is 26.0 Å². The van der Waals surface area contributed by atoms with Crippen molar-refractivity contribution in [2.75, 3.05) is 32.1 Å². The fourth-order valence-corrected chi connectivity index (χ4v) is 4.64. The molecule has 1 aromatic carbocycles. The Kier molecular flexibility index (Phi) is 6.14. The van der Waals surface area contributed by atoms with Gasteiger partial charge in [-0.1, -0.05) is 19.9 Å². The molecule has 0 fully saturated rings. The van der Waals surface area contributed by atoms with Gasteiger partial charge in [0.1, 0.15) is 12.4 Å². The van der Waals surface area contributed by atoms with Gasteiger partial charge in [0.05, 0.1) is 7.11 Å². The van der Waals surface area contributed by atoms with Crippen LogP contribution in [0.25, 0.3) is 0 Å². The van der Waals surface area contributed by atoms with E-state index in [1.165, 1.54) is 6.33 Å². The Morgan fingerprint density at radius 1 is 1.24 bits per heavy atom. The lowest BCUT2D eigenvalue weighted by molar-refractivity contribution is -0.133. The molecule has 1 aromatic heterocycles. The Hall–Kier alpha value is -3.36. The summed E-state index contributed by atoms with van der Waals surface area (Å²) in [6.07, 6.45) is 2.71. The number of fused-ring (bicyclic) bond motifs is 1. The lowest BCUT2D eigenvalue weighted by Gasteiger charge is -2.38. The summed E-state index contributed by atoms with van der Waals surface area (Å²) in [6, 6.07) is 5.09. The Morgan fingerprint density at radius 2 is 2.00 bits per heavy atom. The third-order valence-corrected chi connectivity index (χ3v) is 6.24. The first-order chi connectivity index (χ1) is 15.8. The topological polar surface area (TPSA) is 98.6 Å². The van der Waals surface area contributed by atoms with E-state index in [0.29, 0.717) is 42.5 Å². The number of carbonyl (C=O) groups is 2. The molecule has 2 aliphatic rings. The Morgan fingerprint density at radius 3 is 2.70 bits per heavy atom. The fourth-order valence-electron chi connectivity index (χ4n) is 4.64. The second-order valence-electron chi connectivity index (χ2n) is 9.15. The SMILES string of the molecule is CCN(CC)C(=O)COc1ccc(C2C3=C(CC(C)(C)CC3=O)Nc3ncnn32)cc1OC. The third-order valence-electron chi connectivity index (χ3n) is 6.24. The smallest absolute Gasteiger partial charge is 0.260 e. The van der Waals surface area contributed by atoms with Crippen LogP contribution in [0.4, 0.5) is 5.95 Å². The first kappa shape index (κ1) is 22.8. The minimum absolute atomic E-state index is 0.0686. The summed E-state index contributed by atoms with van der Waals surface area (Å²) in [5.74, 6) is 1.59. The summed E-state index contributed by atoms with van der Waals surface area (Å²) in [4.78, 5) is 31.6. The molecule has 0 spiro atoms. The van der Waals surface area contributed by atoms with Gasteiger partial charge in [-0.2, -0.15) is 10.1 Å². The minimum atomic E-state index is -0.414. The van der Waals surface area contributed by atoms with Crippen LogP contribution in [0.15, 0.2) is 35.8 Å². The molecule has 0 bridgehead atoms. The monoisotopic (exact) mass is 453 g/mol. The van der Waals surface area contributed by atoms with Crippen LogP contribution < -0.4 is 14.8 Å². The maximum Gasteiger partial charge on any atom is 0.260 e. The third kappa shape index (κ3) is 4.31. The number of amides is 1. The van der Waals surface area contributed by atoms with Crippen molar-refractivity contribution in [3.63, 3.8) is 0 Å². The van der Waals surface area contributed by atoms with Crippen LogP contribution in [-0.2, 0) is 9.59 Å². The van der Waals surface area contributed by atoms with E-state index >= 15 is 0 Å². The van der Waals surface area contributed by atoms with E-state index in [9.17, 15) is 9.59 Å². The number of hydrogen-bond acceptors (Lipinski definition) is 7. The predicted molar refractivity (Wildman–Crippen MR) is 123 cm³/mol. The average molecular weight is 454 g/mol. The van der Waals surface area contributed by atoms with Gasteiger partial charge in [-0.25, -0.2) is 4.68 Å². The molecule has 1 unspecified atom stereocenters. The summed E-state index contributed by atoms with van der Waals surface area (Å²) in [6.45, 7) is 9.26. The highest BCUT2D eigenvalue weighted by Gasteiger charge is 2.41. The summed E-state index contributed by atoms with van der Waals surface area (Å²) in [5, 5.41) is 7.70. The number of benzene rings is 1. The number of ether oxygens (including phenoxy) is 2. The van der Waals surface area contributed by atoms with Gasteiger partial charge in [0, 0.05) is 30.8 Å². The highest BCUT2D eigenvalue weighted by atomic mass is 16.5. The van der Waals surface area contributed by atoms with E-state index in [-0.39, 0.29) is 23.7 Å². The van der Waals surface area contributed by atoms with Crippen LogP contribution in [0.1, 0.15) is 52.1 Å². The van der Waals surface area contributed by atoms with E-state index in [1.54, 1.807) is 22.8 Å². The highest BCUT2D eigenvalue weighted by molar-refractivity contribution is 6.00. The fraction of sp³-hybridized carbons (Fsp3) is 0.500. The molecular weight excluding hydrogens is 422 g/mol. The minimum Gasteiger partial charge on any atom is -0.493 e. The normalized spacial score (nSPS) is 18.8. The largest absolute Gasteiger partial charge is 0.493 e. The number of allylic oxidation sites excluding steroid dienone is 2.